The van der Waals surface area contributed by atoms with Gasteiger partial charge >= 0.3 is 0 Å². The highest BCUT2D eigenvalue weighted by molar-refractivity contribution is 7.89. The van der Waals surface area contributed by atoms with Gasteiger partial charge in [0.2, 0.25) is 10.0 Å². The summed E-state index contributed by atoms with van der Waals surface area (Å²) in [5.74, 6) is 0.805. The van der Waals surface area contributed by atoms with E-state index in [9.17, 15) is 8.42 Å². The van der Waals surface area contributed by atoms with Crippen molar-refractivity contribution in [2.75, 3.05) is 26.2 Å². The van der Waals surface area contributed by atoms with Gasteiger partial charge in [-0.3, -0.25) is 4.90 Å². The molecule has 2 heterocycles. The van der Waals surface area contributed by atoms with E-state index < -0.39 is 10.0 Å². The highest BCUT2D eigenvalue weighted by atomic mass is 32.2. The molecule has 124 valence electrons. The lowest BCUT2D eigenvalue weighted by Gasteiger charge is -2.21. The quantitative estimate of drug-likeness (QED) is 0.853. The molecule has 1 saturated heterocycles. The van der Waals surface area contributed by atoms with Gasteiger partial charge in [-0.25, -0.2) is 8.42 Å². The zero-order valence-electron chi connectivity index (χ0n) is 13.2. The number of benzene rings is 1. The van der Waals surface area contributed by atoms with Crippen LogP contribution in [-0.4, -0.2) is 49.0 Å². The normalized spacial score (nSPS) is 18.0. The number of sulfonamides is 1. The summed E-state index contributed by atoms with van der Waals surface area (Å²) in [5, 5.41) is 3.70. The Morgan fingerprint density at radius 2 is 1.87 bits per heavy atom. The molecular formula is C16H21N3O3S. The summed E-state index contributed by atoms with van der Waals surface area (Å²) in [5.41, 5.74) is 1.05. The largest absolute Gasteiger partial charge is 0.360 e. The zero-order chi connectivity index (χ0) is 16.3. The van der Waals surface area contributed by atoms with Crippen LogP contribution in [0.1, 0.15) is 17.7 Å². The van der Waals surface area contributed by atoms with E-state index in [2.05, 4.69) is 10.1 Å². The topological polar surface area (TPSA) is 66.7 Å². The van der Waals surface area contributed by atoms with Crippen molar-refractivity contribution in [3.05, 3.63) is 47.9 Å². The fourth-order valence-electron chi connectivity index (χ4n) is 2.75. The third-order valence-electron chi connectivity index (χ3n) is 4.08. The Kier molecular flexibility index (Phi) is 4.79. The molecule has 1 aromatic heterocycles. The van der Waals surface area contributed by atoms with Gasteiger partial charge in [-0.1, -0.05) is 22.9 Å². The van der Waals surface area contributed by atoms with Gasteiger partial charge in [-0.15, -0.1) is 0 Å². The molecule has 0 N–H and O–H groups in total. The molecule has 1 aliphatic rings. The average molecular weight is 335 g/mol. The van der Waals surface area contributed by atoms with Gasteiger partial charge in [0.1, 0.15) is 0 Å². The first-order valence-electron chi connectivity index (χ1n) is 7.74. The summed E-state index contributed by atoms with van der Waals surface area (Å²) < 4.78 is 32.2. The van der Waals surface area contributed by atoms with Crippen molar-refractivity contribution in [2.24, 2.45) is 0 Å². The molecule has 1 aromatic carbocycles. The predicted molar refractivity (Wildman–Crippen MR) is 86.3 cm³/mol. The van der Waals surface area contributed by atoms with Gasteiger partial charge < -0.3 is 4.52 Å². The van der Waals surface area contributed by atoms with Crippen molar-refractivity contribution >= 4 is 10.0 Å². The van der Waals surface area contributed by atoms with E-state index in [1.165, 1.54) is 0 Å². The fraction of sp³-hybridized carbons (Fsp3) is 0.438. The summed E-state index contributed by atoms with van der Waals surface area (Å²) in [4.78, 5) is 2.57. The third-order valence-corrected chi connectivity index (χ3v) is 5.99. The van der Waals surface area contributed by atoms with Gasteiger partial charge in [0.15, 0.2) is 5.76 Å². The van der Waals surface area contributed by atoms with E-state index in [1.807, 2.05) is 25.1 Å². The van der Waals surface area contributed by atoms with Crippen molar-refractivity contribution in [3.63, 3.8) is 0 Å². The molecule has 23 heavy (non-hydrogen) atoms. The molecule has 0 unspecified atom stereocenters. The van der Waals surface area contributed by atoms with E-state index >= 15 is 0 Å². The Balaban J connectivity index is 1.68. The van der Waals surface area contributed by atoms with E-state index in [-0.39, 0.29) is 0 Å². The van der Waals surface area contributed by atoms with Gasteiger partial charge in [-0.2, -0.15) is 4.31 Å². The zero-order valence-corrected chi connectivity index (χ0v) is 14.0. The summed E-state index contributed by atoms with van der Waals surface area (Å²) in [7, 11) is -3.42. The molecule has 2 aromatic rings. The van der Waals surface area contributed by atoms with E-state index in [1.54, 1.807) is 22.6 Å². The molecule has 1 aliphatic heterocycles. The van der Waals surface area contributed by atoms with Crippen molar-refractivity contribution < 1.29 is 12.9 Å². The maximum atomic E-state index is 12.8. The molecule has 0 spiro atoms. The minimum Gasteiger partial charge on any atom is -0.360 e. The smallest absolute Gasteiger partial charge is 0.243 e. The molecule has 0 bridgehead atoms. The van der Waals surface area contributed by atoms with Gasteiger partial charge in [0.25, 0.3) is 0 Å². The Bertz CT molecular complexity index is 726. The first kappa shape index (κ1) is 16.2. The van der Waals surface area contributed by atoms with Crippen molar-refractivity contribution in [3.8, 4) is 0 Å². The van der Waals surface area contributed by atoms with Crippen molar-refractivity contribution in [1.29, 1.82) is 0 Å². The fourth-order valence-corrected chi connectivity index (χ4v) is 4.22. The Labute approximate surface area is 136 Å². The molecule has 7 heteroatoms. The van der Waals surface area contributed by atoms with Crippen LogP contribution >= 0.6 is 0 Å². The van der Waals surface area contributed by atoms with Gasteiger partial charge in [0, 0.05) is 25.7 Å². The lowest BCUT2D eigenvalue weighted by molar-refractivity contribution is 0.241. The molecule has 0 saturated carbocycles. The Morgan fingerprint density at radius 1 is 1.09 bits per heavy atom. The van der Waals surface area contributed by atoms with Crippen LogP contribution in [0.15, 0.2) is 45.9 Å². The number of aryl methyl sites for hydroxylation is 1. The maximum Gasteiger partial charge on any atom is 0.243 e. The standard InChI is InChI=1S/C16H21N3O3S/c1-14-3-5-16(6-4-14)23(20,21)19-10-2-9-18(11-12-19)13-15-7-8-17-22-15/h3-8H,2,9-13H2,1H3. The minimum absolute atomic E-state index is 0.367. The lowest BCUT2D eigenvalue weighted by Crippen LogP contribution is -2.35. The molecule has 1 fully saturated rings. The van der Waals surface area contributed by atoms with Crippen LogP contribution in [0.5, 0.6) is 0 Å². The second kappa shape index (κ2) is 6.82. The number of hydrogen-bond donors (Lipinski definition) is 0. The molecular weight excluding hydrogens is 314 g/mol. The van der Waals surface area contributed by atoms with Gasteiger partial charge in [0.05, 0.1) is 17.6 Å². The second-order valence-electron chi connectivity index (χ2n) is 5.83. The number of nitrogens with zero attached hydrogens (tertiary/aromatic N) is 3. The highest BCUT2D eigenvalue weighted by Gasteiger charge is 2.27. The van der Waals surface area contributed by atoms with Crippen LogP contribution in [0, 0.1) is 6.92 Å². The lowest BCUT2D eigenvalue weighted by atomic mass is 10.2. The molecule has 0 aliphatic carbocycles. The molecule has 3 rings (SSSR count). The van der Waals surface area contributed by atoms with Crippen molar-refractivity contribution in [1.82, 2.24) is 14.4 Å². The first-order valence-corrected chi connectivity index (χ1v) is 9.18. The molecule has 6 nitrogen and oxygen atoms in total. The summed E-state index contributed by atoms with van der Waals surface area (Å²) in [6.07, 6.45) is 2.43. The average Bonchev–Trinajstić information content (AvgIpc) is 2.91. The number of aromatic nitrogens is 1. The van der Waals surface area contributed by atoms with Crippen LogP contribution in [0.2, 0.25) is 0 Å². The molecule has 0 radical (unpaired) electrons. The SMILES string of the molecule is Cc1ccc(S(=O)(=O)N2CCCN(Cc3ccno3)CC2)cc1. The molecule has 0 amide bonds. The van der Waals surface area contributed by atoms with E-state index in [0.717, 1.165) is 24.3 Å². The summed E-state index contributed by atoms with van der Waals surface area (Å²) in [6, 6.07) is 8.87. The number of hydrogen-bond acceptors (Lipinski definition) is 5. The summed E-state index contributed by atoms with van der Waals surface area (Å²) >= 11 is 0. The van der Waals surface area contributed by atoms with E-state index in [0.29, 0.717) is 31.1 Å². The first-order chi connectivity index (χ1) is 11.1. The minimum atomic E-state index is -3.42. The third kappa shape index (κ3) is 3.80. The monoisotopic (exact) mass is 335 g/mol. The van der Waals surface area contributed by atoms with E-state index in [4.69, 9.17) is 4.52 Å². The van der Waals surface area contributed by atoms with Crippen LogP contribution in [-0.2, 0) is 16.6 Å². The number of rotatable bonds is 4. The van der Waals surface area contributed by atoms with Crippen LogP contribution in [0.25, 0.3) is 0 Å². The second-order valence-corrected chi connectivity index (χ2v) is 7.76. The summed E-state index contributed by atoms with van der Waals surface area (Å²) in [6.45, 7) is 5.18. The van der Waals surface area contributed by atoms with Crippen molar-refractivity contribution in [2.45, 2.75) is 24.8 Å². The van der Waals surface area contributed by atoms with Crippen LogP contribution in [0.4, 0.5) is 0 Å². The predicted octanol–water partition coefficient (Wildman–Crippen LogP) is 1.88. The molecule has 0 atom stereocenters. The van der Waals surface area contributed by atoms with Gasteiger partial charge in [-0.05, 0) is 32.0 Å². The Hall–Kier alpha value is -1.70. The highest BCUT2D eigenvalue weighted by Crippen LogP contribution is 2.19. The maximum absolute atomic E-state index is 12.8. The van der Waals surface area contributed by atoms with Crippen LogP contribution in [0.3, 0.4) is 0 Å². The van der Waals surface area contributed by atoms with Crippen LogP contribution < -0.4 is 0 Å². The Morgan fingerprint density at radius 3 is 2.57 bits per heavy atom.